The molecule has 1 aliphatic rings. The quantitative estimate of drug-likeness (QED) is 0.649. The van der Waals surface area contributed by atoms with Crippen LogP contribution in [0.15, 0.2) is 18.2 Å². The molecule has 6 heteroatoms. The molecule has 1 unspecified atom stereocenters. The van der Waals surface area contributed by atoms with Gasteiger partial charge in [0.1, 0.15) is 11.9 Å². The highest BCUT2D eigenvalue weighted by Crippen LogP contribution is 2.26. The highest BCUT2D eigenvalue weighted by atomic mass is 16.6. The molecule has 0 aliphatic carbocycles. The molecule has 1 aliphatic heterocycles. The zero-order chi connectivity index (χ0) is 13.0. The molecule has 18 heavy (non-hydrogen) atoms. The summed E-state index contributed by atoms with van der Waals surface area (Å²) in [6, 6.07) is 4.49. The molecule has 98 valence electrons. The third-order valence-corrected chi connectivity index (χ3v) is 2.89. The fraction of sp³-hybridized carbons (Fsp3) is 0.500. The number of hydrogen-bond donors (Lipinski definition) is 1. The lowest BCUT2D eigenvalue weighted by Gasteiger charge is -2.24. The molecule has 1 saturated heterocycles. The van der Waals surface area contributed by atoms with E-state index in [1.165, 1.54) is 12.1 Å². The lowest BCUT2D eigenvalue weighted by atomic mass is 10.1. The van der Waals surface area contributed by atoms with Gasteiger partial charge in [-0.25, -0.2) is 0 Å². The van der Waals surface area contributed by atoms with Gasteiger partial charge in [0.15, 0.2) is 0 Å². The van der Waals surface area contributed by atoms with Crippen LogP contribution in [-0.2, 0) is 11.3 Å². The molecular weight excluding hydrogens is 236 g/mol. The summed E-state index contributed by atoms with van der Waals surface area (Å²) in [5, 5.41) is 10.7. The Morgan fingerprint density at radius 2 is 2.39 bits per heavy atom. The fourth-order valence-electron chi connectivity index (χ4n) is 1.94. The standard InChI is InChI=1S/C12H16N2O4/c13-7-9-6-10(14(15)16)3-4-12(9)18-11-2-1-5-17-8-11/h3-4,6,11H,1-2,5,7-8,13H2. The van der Waals surface area contributed by atoms with E-state index in [0.29, 0.717) is 17.9 Å². The van der Waals surface area contributed by atoms with Crippen molar-refractivity contribution in [3.8, 4) is 5.75 Å². The minimum absolute atomic E-state index is 0.00510. The monoisotopic (exact) mass is 252 g/mol. The molecule has 1 aromatic rings. The van der Waals surface area contributed by atoms with Gasteiger partial charge in [0, 0.05) is 30.8 Å². The summed E-state index contributed by atoms with van der Waals surface area (Å²) in [6.45, 7) is 1.54. The third-order valence-electron chi connectivity index (χ3n) is 2.89. The van der Waals surface area contributed by atoms with Crippen LogP contribution < -0.4 is 10.5 Å². The molecule has 1 fully saturated rings. The van der Waals surface area contributed by atoms with Crippen LogP contribution in [0, 0.1) is 10.1 Å². The van der Waals surface area contributed by atoms with E-state index in [1.54, 1.807) is 6.07 Å². The maximum Gasteiger partial charge on any atom is 0.270 e. The molecular formula is C12H16N2O4. The third kappa shape index (κ3) is 2.96. The van der Waals surface area contributed by atoms with Crippen molar-refractivity contribution in [1.82, 2.24) is 0 Å². The van der Waals surface area contributed by atoms with Gasteiger partial charge in [0.05, 0.1) is 11.5 Å². The first-order valence-corrected chi connectivity index (χ1v) is 5.92. The molecule has 0 bridgehead atoms. The number of non-ortho nitro benzene ring substituents is 1. The van der Waals surface area contributed by atoms with Crippen molar-refractivity contribution in [2.24, 2.45) is 5.73 Å². The van der Waals surface area contributed by atoms with Crippen LogP contribution >= 0.6 is 0 Å². The number of nitro groups is 1. The highest BCUT2D eigenvalue weighted by Gasteiger charge is 2.18. The largest absolute Gasteiger partial charge is 0.488 e. The number of rotatable bonds is 4. The average Bonchev–Trinajstić information content (AvgIpc) is 2.40. The summed E-state index contributed by atoms with van der Waals surface area (Å²) in [7, 11) is 0. The second-order valence-electron chi connectivity index (χ2n) is 4.21. The summed E-state index contributed by atoms with van der Waals surface area (Å²) in [4.78, 5) is 10.2. The predicted octanol–water partition coefficient (Wildman–Crippen LogP) is 1.61. The van der Waals surface area contributed by atoms with Crippen molar-refractivity contribution in [1.29, 1.82) is 0 Å². The van der Waals surface area contributed by atoms with E-state index in [-0.39, 0.29) is 18.3 Å². The first-order valence-electron chi connectivity index (χ1n) is 5.92. The van der Waals surface area contributed by atoms with Crippen molar-refractivity contribution in [2.45, 2.75) is 25.5 Å². The Morgan fingerprint density at radius 3 is 3.00 bits per heavy atom. The van der Waals surface area contributed by atoms with Crippen LogP contribution in [0.3, 0.4) is 0 Å². The molecule has 0 radical (unpaired) electrons. The van der Waals surface area contributed by atoms with Gasteiger partial charge in [-0.05, 0) is 18.9 Å². The first-order chi connectivity index (χ1) is 8.70. The molecule has 2 rings (SSSR count). The second kappa shape index (κ2) is 5.79. The average molecular weight is 252 g/mol. The summed E-state index contributed by atoms with van der Waals surface area (Å²) < 4.78 is 11.1. The zero-order valence-corrected chi connectivity index (χ0v) is 10.0. The number of nitrogens with two attached hydrogens (primary N) is 1. The Kier molecular flexibility index (Phi) is 4.11. The van der Waals surface area contributed by atoms with Crippen molar-refractivity contribution in [2.75, 3.05) is 13.2 Å². The molecule has 0 saturated carbocycles. The van der Waals surface area contributed by atoms with Crippen LogP contribution in [0.5, 0.6) is 5.75 Å². The lowest BCUT2D eigenvalue weighted by Crippen LogP contribution is -2.28. The Labute approximate surface area is 105 Å². The molecule has 1 aromatic carbocycles. The molecule has 1 heterocycles. The number of ether oxygens (including phenoxy) is 2. The summed E-state index contributed by atoms with van der Waals surface area (Å²) in [5.41, 5.74) is 6.27. The Hall–Kier alpha value is -1.66. The Bertz CT molecular complexity index is 430. The van der Waals surface area contributed by atoms with Gasteiger partial charge in [-0.15, -0.1) is 0 Å². The van der Waals surface area contributed by atoms with Gasteiger partial charge in [-0.3, -0.25) is 10.1 Å². The second-order valence-corrected chi connectivity index (χ2v) is 4.21. The van der Waals surface area contributed by atoms with Crippen LogP contribution in [0.1, 0.15) is 18.4 Å². The molecule has 1 atom stereocenters. The summed E-state index contributed by atoms with van der Waals surface area (Å²) >= 11 is 0. The molecule has 0 spiro atoms. The van der Waals surface area contributed by atoms with Gasteiger partial charge >= 0.3 is 0 Å². The summed E-state index contributed by atoms with van der Waals surface area (Å²) in [6.07, 6.45) is 1.90. The highest BCUT2D eigenvalue weighted by molar-refractivity contribution is 5.43. The van der Waals surface area contributed by atoms with Gasteiger partial charge in [0.25, 0.3) is 5.69 Å². The van der Waals surface area contributed by atoms with Crippen LogP contribution in [-0.4, -0.2) is 24.2 Å². The van der Waals surface area contributed by atoms with Gasteiger partial charge < -0.3 is 15.2 Å². The Balaban J connectivity index is 2.13. The first kappa shape index (κ1) is 12.8. The van der Waals surface area contributed by atoms with E-state index < -0.39 is 4.92 Å². The van der Waals surface area contributed by atoms with E-state index in [4.69, 9.17) is 15.2 Å². The minimum atomic E-state index is -0.438. The van der Waals surface area contributed by atoms with Gasteiger partial charge in [0.2, 0.25) is 0 Å². The maximum atomic E-state index is 10.7. The maximum absolute atomic E-state index is 10.7. The van der Waals surface area contributed by atoms with E-state index in [1.807, 2.05) is 0 Å². The van der Waals surface area contributed by atoms with E-state index in [0.717, 1.165) is 19.4 Å². The minimum Gasteiger partial charge on any atom is -0.488 e. The lowest BCUT2D eigenvalue weighted by molar-refractivity contribution is -0.384. The van der Waals surface area contributed by atoms with Crippen LogP contribution in [0.25, 0.3) is 0 Å². The van der Waals surface area contributed by atoms with Crippen LogP contribution in [0.2, 0.25) is 0 Å². The van der Waals surface area contributed by atoms with Crippen molar-refractivity contribution in [3.63, 3.8) is 0 Å². The number of nitrogens with zero attached hydrogens (tertiary/aromatic N) is 1. The number of benzene rings is 1. The van der Waals surface area contributed by atoms with Crippen molar-refractivity contribution in [3.05, 3.63) is 33.9 Å². The summed E-state index contributed by atoms with van der Waals surface area (Å²) in [5.74, 6) is 0.610. The van der Waals surface area contributed by atoms with Crippen molar-refractivity contribution < 1.29 is 14.4 Å². The molecule has 6 nitrogen and oxygen atoms in total. The fourth-order valence-corrected chi connectivity index (χ4v) is 1.94. The predicted molar refractivity (Wildman–Crippen MR) is 65.5 cm³/mol. The van der Waals surface area contributed by atoms with Gasteiger partial charge in [-0.1, -0.05) is 0 Å². The van der Waals surface area contributed by atoms with E-state index >= 15 is 0 Å². The molecule has 0 aromatic heterocycles. The normalized spacial score (nSPS) is 19.5. The topological polar surface area (TPSA) is 87.6 Å². The SMILES string of the molecule is NCc1cc([N+](=O)[O-])ccc1OC1CCCOC1. The van der Waals surface area contributed by atoms with E-state index in [2.05, 4.69) is 0 Å². The number of hydrogen-bond acceptors (Lipinski definition) is 5. The van der Waals surface area contributed by atoms with Crippen molar-refractivity contribution >= 4 is 5.69 Å². The van der Waals surface area contributed by atoms with Gasteiger partial charge in [-0.2, -0.15) is 0 Å². The smallest absolute Gasteiger partial charge is 0.270 e. The van der Waals surface area contributed by atoms with Crippen LogP contribution in [0.4, 0.5) is 5.69 Å². The zero-order valence-electron chi connectivity index (χ0n) is 10.0. The molecule has 2 N–H and O–H groups in total. The van der Waals surface area contributed by atoms with E-state index in [9.17, 15) is 10.1 Å². The number of nitro benzene ring substituents is 1. The Morgan fingerprint density at radius 1 is 1.56 bits per heavy atom. The molecule has 0 amide bonds.